The van der Waals surface area contributed by atoms with E-state index in [1.807, 2.05) is 6.07 Å². The van der Waals surface area contributed by atoms with Crippen LogP contribution in [0.1, 0.15) is 21.5 Å². The third-order valence-corrected chi connectivity index (χ3v) is 6.20. The van der Waals surface area contributed by atoms with Crippen LogP contribution < -0.4 is 4.31 Å². The first-order valence-electron chi connectivity index (χ1n) is 8.38. The molecule has 0 atom stereocenters. The van der Waals surface area contributed by atoms with E-state index in [0.29, 0.717) is 32.4 Å². The lowest BCUT2D eigenvalue weighted by atomic mass is 10.0. The molecule has 0 spiro atoms. The van der Waals surface area contributed by atoms with Crippen molar-refractivity contribution < 1.29 is 13.2 Å². The molecule has 144 valence electrons. The Hall–Kier alpha value is -2.34. The Labute approximate surface area is 174 Å². The number of nitrogens with zero attached hydrogens (tertiary/aromatic N) is 1. The van der Waals surface area contributed by atoms with Crippen LogP contribution in [0.3, 0.4) is 0 Å². The van der Waals surface area contributed by atoms with Crippen molar-refractivity contribution >= 4 is 44.7 Å². The lowest BCUT2D eigenvalue weighted by Gasteiger charge is -2.23. The van der Waals surface area contributed by atoms with E-state index in [9.17, 15) is 13.2 Å². The van der Waals surface area contributed by atoms with E-state index in [-0.39, 0.29) is 12.3 Å². The van der Waals surface area contributed by atoms with E-state index in [1.165, 1.54) is 4.31 Å². The number of anilines is 1. The molecule has 0 amide bonds. The van der Waals surface area contributed by atoms with Crippen LogP contribution in [0.4, 0.5) is 5.69 Å². The van der Waals surface area contributed by atoms with Crippen LogP contribution >= 0.6 is 23.2 Å². The normalized spacial score (nSPS) is 11.2. The summed E-state index contributed by atoms with van der Waals surface area (Å²) in [4.78, 5) is 12.5. The van der Waals surface area contributed by atoms with Gasteiger partial charge >= 0.3 is 0 Å². The molecule has 0 bridgehead atoms. The maximum absolute atomic E-state index is 12.5. The molecule has 4 nitrogen and oxygen atoms in total. The molecule has 0 heterocycles. The zero-order valence-electron chi connectivity index (χ0n) is 15.0. The fraction of sp³-hybridized carbons (Fsp3) is 0.0952. The maximum Gasteiger partial charge on any atom is 0.232 e. The molecule has 3 aromatic rings. The highest BCUT2D eigenvalue weighted by molar-refractivity contribution is 7.92. The van der Waals surface area contributed by atoms with Crippen LogP contribution in [0.25, 0.3) is 0 Å². The average Bonchev–Trinajstić information content (AvgIpc) is 2.68. The number of sulfonamides is 1. The minimum absolute atomic E-state index is 0.0319. The molecule has 28 heavy (non-hydrogen) atoms. The number of halogens is 2. The van der Waals surface area contributed by atoms with Gasteiger partial charge in [-0.2, -0.15) is 0 Å². The molecular weight excluding hydrogens is 417 g/mol. The molecule has 3 aromatic carbocycles. The molecule has 0 unspecified atom stereocenters. The van der Waals surface area contributed by atoms with Gasteiger partial charge in [0.05, 0.1) is 28.5 Å². The SMILES string of the molecule is CS(=O)(=O)N(Cc1cccc(Cl)c1Cl)c1ccc(C(=O)c2ccccc2)cc1. The van der Waals surface area contributed by atoms with Gasteiger partial charge in [-0.25, -0.2) is 8.42 Å². The van der Waals surface area contributed by atoms with Crippen LogP contribution in [0.15, 0.2) is 72.8 Å². The Morgan fingerprint density at radius 1 is 0.857 bits per heavy atom. The van der Waals surface area contributed by atoms with Crippen molar-refractivity contribution in [1.29, 1.82) is 0 Å². The van der Waals surface area contributed by atoms with E-state index >= 15 is 0 Å². The Kier molecular flexibility index (Phi) is 6.08. The zero-order chi connectivity index (χ0) is 20.3. The van der Waals surface area contributed by atoms with Crippen LogP contribution in [0, 0.1) is 0 Å². The van der Waals surface area contributed by atoms with Gasteiger partial charge < -0.3 is 0 Å². The van der Waals surface area contributed by atoms with Crippen LogP contribution in [0.5, 0.6) is 0 Å². The first kappa shape index (κ1) is 20.4. The Bertz CT molecular complexity index is 1100. The smallest absolute Gasteiger partial charge is 0.232 e. The standard InChI is InChI=1S/C21H17Cl2NO3S/c1-28(26,27)24(14-17-8-5-9-19(22)20(17)23)18-12-10-16(11-13-18)21(25)15-6-3-2-4-7-15/h2-13H,14H2,1H3. The summed E-state index contributed by atoms with van der Waals surface area (Å²) in [5.74, 6) is -0.129. The number of carbonyl (C=O) groups excluding carboxylic acids is 1. The third kappa shape index (κ3) is 4.55. The summed E-state index contributed by atoms with van der Waals surface area (Å²) in [6.07, 6.45) is 1.12. The topological polar surface area (TPSA) is 54.5 Å². The van der Waals surface area contributed by atoms with Gasteiger partial charge in [0.25, 0.3) is 0 Å². The van der Waals surface area contributed by atoms with E-state index < -0.39 is 10.0 Å². The fourth-order valence-corrected chi connectivity index (χ4v) is 4.02. The lowest BCUT2D eigenvalue weighted by Crippen LogP contribution is -2.29. The zero-order valence-corrected chi connectivity index (χ0v) is 17.3. The fourth-order valence-electron chi connectivity index (χ4n) is 2.76. The van der Waals surface area contributed by atoms with Gasteiger partial charge in [-0.15, -0.1) is 0 Å². The first-order valence-corrected chi connectivity index (χ1v) is 11.0. The monoisotopic (exact) mass is 433 g/mol. The highest BCUT2D eigenvalue weighted by Gasteiger charge is 2.20. The third-order valence-electron chi connectivity index (χ3n) is 4.20. The molecule has 0 saturated heterocycles. The van der Waals surface area contributed by atoms with Gasteiger partial charge in [0.1, 0.15) is 0 Å². The van der Waals surface area contributed by atoms with Gasteiger partial charge in [0.15, 0.2) is 5.78 Å². The number of rotatable bonds is 6. The molecule has 0 aromatic heterocycles. The van der Waals surface area contributed by atoms with Gasteiger partial charge in [-0.3, -0.25) is 9.10 Å². The number of hydrogen-bond acceptors (Lipinski definition) is 3. The van der Waals surface area contributed by atoms with Crippen molar-refractivity contribution in [3.63, 3.8) is 0 Å². The number of hydrogen-bond donors (Lipinski definition) is 0. The van der Waals surface area contributed by atoms with Crippen LogP contribution in [-0.4, -0.2) is 20.5 Å². The Morgan fingerprint density at radius 3 is 2.07 bits per heavy atom. The summed E-state index contributed by atoms with van der Waals surface area (Å²) in [6, 6.07) is 20.4. The average molecular weight is 434 g/mol. The predicted octanol–water partition coefficient (Wildman–Crippen LogP) is 5.19. The molecule has 0 radical (unpaired) electrons. The van der Waals surface area contributed by atoms with Crippen molar-refractivity contribution in [1.82, 2.24) is 0 Å². The van der Waals surface area contributed by atoms with Gasteiger partial charge in [0, 0.05) is 11.1 Å². The van der Waals surface area contributed by atoms with E-state index in [4.69, 9.17) is 23.2 Å². The molecule has 7 heteroatoms. The van der Waals surface area contributed by atoms with Gasteiger partial charge in [0.2, 0.25) is 10.0 Å². The van der Waals surface area contributed by atoms with Gasteiger partial charge in [-0.05, 0) is 35.9 Å². The molecule has 0 aliphatic carbocycles. The molecule has 0 N–H and O–H groups in total. The van der Waals surface area contributed by atoms with E-state index in [2.05, 4.69) is 0 Å². The second-order valence-electron chi connectivity index (χ2n) is 6.22. The van der Waals surface area contributed by atoms with Gasteiger partial charge in [-0.1, -0.05) is 65.7 Å². The first-order chi connectivity index (χ1) is 13.3. The predicted molar refractivity (Wildman–Crippen MR) is 114 cm³/mol. The van der Waals surface area contributed by atoms with Crippen molar-refractivity contribution in [3.8, 4) is 0 Å². The maximum atomic E-state index is 12.5. The summed E-state index contributed by atoms with van der Waals surface area (Å²) in [5, 5.41) is 0.671. The molecule has 0 saturated carbocycles. The summed E-state index contributed by atoms with van der Waals surface area (Å²) >= 11 is 12.2. The molecule has 0 aliphatic rings. The molecule has 3 rings (SSSR count). The molecular formula is C21H17Cl2NO3S. The van der Waals surface area contributed by atoms with Crippen molar-refractivity contribution in [3.05, 3.63) is 99.5 Å². The van der Waals surface area contributed by atoms with Crippen LogP contribution in [0.2, 0.25) is 10.0 Å². The summed E-state index contributed by atoms with van der Waals surface area (Å²) in [5.41, 5.74) is 2.07. The minimum atomic E-state index is -3.58. The highest BCUT2D eigenvalue weighted by Crippen LogP contribution is 2.29. The quantitative estimate of drug-likeness (QED) is 0.502. The van der Waals surface area contributed by atoms with Crippen LogP contribution in [-0.2, 0) is 16.6 Å². The lowest BCUT2D eigenvalue weighted by molar-refractivity contribution is 0.103. The summed E-state index contributed by atoms with van der Waals surface area (Å²) in [7, 11) is -3.58. The highest BCUT2D eigenvalue weighted by atomic mass is 35.5. The summed E-state index contributed by atoms with van der Waals surface area (Å²) in [6.45, 7) is 0.0319. The number of benzene rings is 3. The van der Waals surface area contributed by atoms with Crippen molar-refractivity contribution in [2.75, 3.05) is 10.6 Å². The molecule has 0 fully saturated rings. The minimum Gasteiger partial charge on any atom is -0.289 e. The largest absolute Gasteiger partial charge is 0.289 e. The van der Waals surface area contributed by atoms with E-state index in [0.717, 1.165) is 6.26 Å². The Balaban J connectivity index is 1.92. The van der Waals surface area contributed by atoms with Crippen molar-refractivity contribution in [2.24, 2.45) is 0 Å². The number of ketones is 1. The second kappa shape index (κ2) is 8.35. The summed E-state index contributed by atoms with van der Waals surface area (Å²) < 4.78 is 25.9. The van der Waals surface area contributed by atoms with E-state index in [1.54, 1.807) is 66.7 Å². The van der Waals surface area contributed by atoms with Crippen molar-refractivity contribution in [2.45, 2.75) is 6.54 Å². The number of carbonyl (C=O) groups is 1. The molecule has 0 aliphatic heterocycles. The Morgan fingerprint density at radius 2 is 1.46 bits per heavy atom. The second-order valence-corrected chi connectivity index (χ2v) is 8.92.